The summed E-state index contributed by atoms with van der Waals surface area (Å²) in [5.41, 5.74) is 1.02. The average Bonchev–Trinajstić information content (AvgIpc) is 2.97. The maximum Gasteiger partial charge on any atom is 0.209 e. The molecule has 1 saturated carbocycles. The van der Waals surface area contributed by atoms with E-state index in [-0.39, 0.29) is 0 Å². The van der Waals surface area contributed by atoms with E-state index in [1.54, 1.807) is 0 Å². The molecule has 1 N–H and O–H groups in total. The summed E-state index contributed by atoms with van der Waals surface area (Å²) >= 11 is 0. The van der Waals surface area contributed by atoms with Crippen molar-refractivity contribution in [2.24, 2.45) is 7.05 Å². The zero-order valence-electron chi connectivity index (χ0n) is 11.6. The third-order valence-corrected chi connectivity index (χ3v) is 3.71. The second-order valence-electron chi connectivity index (χ2n) is 5.40. The van der Waals surface area contributed by atoms with E-state index in [9.17, 15) is 0 Å². The second kappa shape index (κ2) is 5.07. The van der Waals surface area contributed by atoms with Gasteiger partial charge in [0.1, 0.15) is 0 Å². The Bertz CT molecular complexity index is 548. The number of imidazole rings is 1. The van der Waals surface area contributed by atoms with Crippen LogP contribution in [0.25, 0.3) is 5.82 Å². The van der Waals surface area contributed by atoms with E-state index in [4.69, 9.17) is 0 Å². The third-order valence-electron chi connectivity index (χ3n) is 3.71. The molecule has 0 unspecified atom stereocenters. The van der Waals surface area contributed by atoms with Gasteiger partial charge in [-0.05, 0) is 19.8 Å². The van der Waals surface area contributed by atoms with Gasteiger partial charge in [-0.3, -0.25) is 9.25 Å². The summed E-state index contributed by atoms with van der Waals surface area (Å²) in [5, 5.41) is 8.03. The highest BCUT2D eigenvalue weighted by Crippen LogP contribution is 2.22. The van der Waals surface area contributed by atoms with Crippen LogP contribution in [0.15, 0.2) is 18.5 Å². The maximum absolute atomic E-state index is 4.59. The quantitative estimate of drug-likeness (QED) is 0.922. The second-order valence-corrected chi connectivity index (χ2v) is 5.40. The van der Waals surface area contributed by atoms with E-state index in [0.717, 1.165) is 17.5 Å². The van der Waals surface area contributed by atoms with Gasteiger partial charge in [-0.2, -0.15) is 5.10 Å². The summed E-state index contributed by atoms with van der Waals surface area (Å²) < 4.78 is 3.86. The van der Waals surface area contributed by atoms with Crippen LogP contribution in [-0.4, -0.2) is 25.4 Å². The molecule has 0 amide bonds. The van der Waals surface area contributed by atoms with Crippen molar-refractivity contribution in [3.63, 3.8) is 0 Å². The lowest BCUT2D eigenvalue weighted by atomic mass is 9.96. The molecule has 1 fully saturated rings. The summed E-state index contributed by atoms with van der Waals surface area (Å²) in [7, 11) is 1.93. The minimum Gasteiger partial charge on any atom is -0.353 e. The van der Waals surface area contributed by atoms with Crippen LogP contribution in [0.2, 0.25) is 0 Å². The molecule has 1 aliphatic rings. The minimum atomic E-state index is 0.554. The van der Waals surface area contributed by atoms with Crippen molar-refractivity contribution >= 4 is 5.95 Å². The van der Waals surface area contributed by atoms with E-state index in [1.165, 1.54) is 32.1 Å². The van der Waals surface area contributed by atoms with Gasteiger partial charge in [-0.25, -0.2) is 4.98 Å². The summed E-state index contributed by atoms with van der Waals surface area (Å²) in [6.07, 6.45) is 10.5. The molecule has 2 aromatic heterocycles. The molecule has 19 heavy (non-hydrogen) atoms. The van der Waals surface area contributed by atoms with Crippen molar-refractivity contribution in [1.82, 2.24) is 19.3 Å². The third kappa shape index (κ3) is 2.64. The van der Waals surface area contributed by atoms with Gasteiger partial charge in [-0.1, -0.05) is 19.3 Å². The highest BCUT2D eigenvalue weighted by molar-refractivity contribution is 5.39. The molecule has 5 heteroatoms. The molecular weight excluding hydrogens is 238 g/mol. The standard InChI is InChI=1S/C14H21N5/c1-11-10-19(13-8-9-18(2)17-13)14(15-11)16-12-6-4-3-5-7-12/h8-10,12H,3-7H2,1-2H3,(H,15,16). The predicted molar refractivity (Wildman–Crippen MR) is 75.6 cm³/mol. The zero-order valence-corrected chi connectivity index (χ0v) is 11.6. The smallest absolute Gasteiger partial charge is 0.209 e. The fourth-order valence-corrected chi connectivity index (χ4v) is 2.74. The molecule has 1 aliphatic carbocycles. The predicted octanol–water partition coefficient (Wildman–Crippen LogP) is 2.66. The van der Waals surface area contributed by atoms with Crippen LogP contribution in [0.3, 0.4) is 0 Å². The van der Waals surface area contributed by atoms with E-state index < -0.39 is 0 Å². The van der Waals surface area contributed by atoms with Gasteiger partial charge in [0.2, 0.25) is 5.95 Å². The Labute approximate surface area is 113 Å². The summed E-state index contributed by atoms with van der Waals surface area (Å²) in [6.45, 7) is 2.02. The van der Waals surface area contributed by atoms with E-state index in [0.29, 0.717) is 6.04 Å². The lowest BCUT2D eigenvalue weighted by Crippen LogP contribution is -2.24. The lowest BCUT2D eigenvalue weighted by molar-refractivity contribution is 0.460. The van der Waals surface area contributed by atoms with Crippen molar-refractivity contribution in [3.8, 4) is 5.82 Å². The van der Waals surface area contributed by atoms with Gasteiger partial charge in [0, 0.05) is 31.5 Å². The van der Waals surface area contributed by atoms with E-state index in [2.05, 4.69) is 15.4 Å². The Morgan fingerprint density at radius 2 is 2.05 bits per heavy atom. The molecule has 0 aliphatic heterocycles. The molecule has 3 rings (SSSR count). The maximum atomic E-state index is 4.59. The molecule has 0 spiro atoms. The normalized spacial score (nSPS) is 16.7. The van der Waals surface area contributed by atoms with Crippen LogP contribution >= 0.6 is 0 Å². The van der Waals surface area contributed by atoms with Crippen LogP contribution in [0.4, 0.5) is 5.95 Å². The molecule has 2 aromatic rings. The fraction of sp³-hybridized carbons (Fsp3) is 0.571. The fourth-order valence-electron chi connectivity index (χ4n) is 2.74. The molecule has 0 bridgehead atoms. The van der Waals surface area contributed by atoms with Crippen LogP contribution in [0, 0.1) is 6.92 Å². The molecule has 2 heterocycles. The van der Waals surface area contributed by atoms with Crippen molar-refractivity contribution in [1.29, 1.82) is 0 Å². The number of nitrogens with zero attached hydrogens (tertiary/aromatic N) is 4. The molecule has 0 aromatic carbocycles. The Morgan fingerprint density at radius 3 is 2.74 bits per heavy atom. The van der Waals surface area contributed by atoms with Crippen molar-refractivity contribution in [2.75, 3.05) is 5.32 Å². The van der Waals surface area contributed by atoms with Gasteiger partial charge >= 0.3 is 0 Å². The lowest BCUT2D eigenvalue weighted by Gasteiger charge is -2.23. The summed E-state index contributed by atoms with van der Waals surface area (Å²) in [5.74, 6) is 1.84. The zero-order chi connectivity index (χ0) is 13.2. The number of aryl methyl sites for hydroxylation is 2. The first-order valence-corrected chi connectivity index (χ1v) is 7.05. The number of hydrogen-bond donors (Lipinski definition) is 1. The number of nitrogens with one attached hydrogen (secondary N) is 1. The van der Waals surface area contributed by atoms with Crippen LogP contribution in [0.5, 0.6) is 0 Å². The van der Waals surface area contributed by atoms with Gasteiger partial charge in [-0.15, -0.1) is 0 Å². The molecule has 102 valence electrons. The van der Waals surface area contributed by atoms with Crippen molar-refractivity contribution < 1.29 is 0 Å². The molecule has 0 radical (unpaired) electrons. The number of anilines is 1. The van der Waals surface area contributed by atoms with Gasteiger partial charge in [0.15, 0.2) is 5.82 Å². The molecule has 5 nitrogen and oxygen atoms in total. The average molecular weight is 259 g/mol. The first-order valence-electron chi connectivity index (χ1n) is 7.05. The van der Waals surface area contributed by atoms with Crippen LogP contribution in [0.1, 0.15) is 37.8 Å². The monoisotopic (exact) mass is 259 g/mol. The van der Waals surface area contributed by atoms with Gasteiger partial charge in [0.05, 0.1) is 5.69 Å². The minimum absolute atomic E-state index is 0.554. The van der Waals surface area contributed by atoms with Crippen molar-refractivity contribution in [2.45, 2.75) is 45.1 Å². The highest BCUT2D eigenvalue weighted by Gasteiger charge is 2.17. The van der Waals surface area contributed by atoms with Crippen LogP contribution in [-0.2, 0) is 7.05 Å². The molecule has 0 atom stereocenters. The molecular formula is C14H21N5. The summed E-state index contributed by atoms with van der Waals surface area (Å²) in [4.78, 5) is 4.59. The summed E-state index contributed by atoms with van der Waals surface area (Å²) in [6, 6.07) is 2.56. The van der Waals surface area contributed by atoms with Crippen molar-refractivity contribution in [3.05, 3.63) is 24.2 Å². The van der Waals surface area contributed by atoms with E-state index in [1.807, 2.05) is 41.7 Å². The highest BCUT2D eigenvalue weighted by atomic mass is 15.3. The van der Waals surface area contributed by atoms with Gasteiger partial charge < -0.3 is 5.32 Å². The number of hydrogen-bond acceptors (Lipinski definition) is 3. The largest absolute Gasteiger partial charge is 0.353 e. The van der Waals surface area contributed by atoms with Gasteiger partial charge in [0.25, 0.3) is 0 Å². The first-order chi connectivity index (χ1) is 9.22. The Morgan fingerprint density at radius 1 is 1.26 bits per heavy atom. The molecule has 0 saturated heterocycles. The van der Waals surface area contributed by atoms with Crippen LogP contribution < -0.4 is 5.32 Å². The SMILES string of the molecule is Cc1cn(-c2ccn(C)n2)c(NC2CCCCC2)n1. The Kier molecular flexibility index (Phi) is 3.27. The topological polar surface area (TPSA) is 47.7 Å². The number of rotatable bonds is 3. The Balaban J connectivity index is 1.84. The first kappa shape index (κ1) is 12.3. The Hall–Kier alpha value is -1.78. The number of aromatic nitrogens is 4. The van der Waals surface area contributed by atoms with E-state index >= 15 is 0 Å².